The van der Waals surface area contributed by atoms with E-state index in [1.807, 2.05) is 49.7 Å². The van der Waals surface area contributed by atoms with Crippen LogP contribution in [-0.2, 0) is 11.8 Å². The maximum Gasteiger partial charge on any atom is 0.239 e. The Labute approximate surface area is 148 Å². The summed E-state index contributed by atoms with van der Waals surface area (Å²) in [6.45, 7) is 1.98. The Morgan fingerprint density at radius 1 is 1.38 bits per heavy atom. The van der Waals surface area contributed by atoms with Gasteiger partial charge in [-0.15, -0.1) is 21.5 Å². The Kier molecular flexibility index (Phi) is 5.27. The molecule has 1 amide bonds. The van der Waals surface area contributed by atoms with Crippen LogP contribution in [0.3, 0.4) is 0 Å². The monoisotopic (exact) mass is 359 g/mol. The van der Waals surface area contributed by atoms with Gasteiger partial charge in [0.25, 0.3) is 0 Å². The number of anilines is 1. The normalized spacial score (nSPS) is 12.1. The quantitative estimate of drug-likeness (QED) is 0.683. The molecule has 3 rings (SSSR count). The summed E-state index contributed by atoms with van der Waals surface area (Å²) in [4.78, 5) is 17.0. The van der Waals surface area contributed by atoms with Gasteiger partial charge in [-0.05, 0) is 6.42 Å². The lowest BCUT2D eigenvalue weighted by molar-refractivity contribution is -0.115. The Hall–Kier alpha value is -2.19. The third-order valence-corrected chi connectivity index (χ3v) is 5.55. The highest BCUT2D eigenvalue weighted by Gasteiger charge is 2.21. The fourth-order valence-corrected chi connectivity index (χ4v) is 3.70. The number of nitrogens with zero attached hydrogens (tertiary/aromatic N) is 4. The van der Waals surface area contributed by atoms with E-state index in [1.54, 1.807) is 10.9 Å². The molecular weight excluding hydrogens is 342 g/mol. The van der Waals surface area contributed by atoms with Crippen LogP contribution in [0.1, 0.15) is 13.3 Å². The average Bonchev–Trinajstić information content (AvgIpc) is 3.22. The van der Waals surface area contributed by atoms with Crippen molar-refractivity contribution in [3.63, 3.8) is 0 Å². The number of amides is 1. The molecule has 0 unspecified atom stereocenters. The minimum absolute atomic E-state index is 0.0699. The smallest absolute Gasteiger partial charge is 0.239 e. The molecule has 0 spiro atoms. The third-order valence-electron chi connectivity index (χ3n) is 3.38. The zero-order valence-corrected chi connectivity index (χ0v) is 15.0. The van der Waals surface area contributed by atoms with Crippen molar-refractivity contribution in [2.45, 2.75) is 23.8 Å². The number of benzene rings is 1. The molecule has 0 fully saturated rings. The summed E-state index contributed by atoms with van der Waals surface area (Å²) in [6, 6.07) is 9.90. The van der Waals surface area contributed by atoms with Crippen molar-refractivity contribution in [3.05, 3.63) is 42.0 Å². The van der Waals surface area contributed by atoms with Gasteiger partial charge in [-0.3, -0.25) is 4.79 Å². The van der Waals surface area contributed by atoms with Crippen molar-refractivity contribution >= 4 is 34.1 Å². The standard InChI is InChI=1S/C16H17N5OS2/c1-3-13(24-16-20-17-10-21(16)2)14(22)19-15-18-12(9-23-15)11-7-5-4-6-8-11/h4-10,13H,3H2,1-2H3,(H,18,19,22)/t13-/m1/s1. The maximum atomic E-state index is 12.5. The second-order valence-electron chi connectivity index (χ2n) is 5.13. The van der Waals surface area contributed by atoms with Crippen molar-refractivity contribution in [1.29, 1.82) is 0 Å². The molecular formula is C16H17N5OS2. The van der Waals surface area contributed by atoms with Crippen LogP contribution >= 0.6 is 23.1 Å². The van der Waals surface area contributed by atoms with E-state index < -0.39 is 0 Å². The first-order valence-corrected chi connectivity index (χ1v) is 9.25. The van der Waals surface area contributed by atoms with Gasteiger partial charge in [0.05, 0.1) is 10.9 Å². The lowest BCUT2D eigenvalue weighted by atomic mass is 10.2. The van der Waals surface area contributed by atoms with E-state index >= 15 is 0 Å². The molecule has 1 N–H and O–H groups in total. The van der Waals surface area contributed by atoms with Gasteiger partial charge >= 0.3 is 0 Å². The first-order chi connectivity index (χ1) is 11.7. The summed E-state index contributed by atoms with van der Waals surface area (Å²) in [6.07, 6.45) is 2.32. The molecule has 24 heavy (non-hydrogen) atoms. The van der Waals surface area contributed by atoms with Gasteiger partial charge in [-0.1, -0.05) is 49.0 Å². The number of hydrogen-bond donors (Lipinski definition) is 1. The van der Waals surface area contributed by atoms with Crippen molar-refractivity contribution < 1.29 is 4.79 Å². The van der Waals surface area contributed by atoms with Crippen molar-refractivity contribution in [2.75, 3.05) is 5.32 Å². The van der Waals surface area contributed by atoms with Crippen LogP contribution in [0.2, 0.25) is 0 Å². The number of aryl methyl sites for hydroxylation is 1. The van der Waals surface area contributed by atoms with Gasteiger partial charge in [-0.2, -0.15) is 0 Å². The zero-order chi connectivity index (χ0) is 16.9. The number of thiazole rings is 1. The number of carbonyl (C=O) groups excluding carboxylic acids is 1. The largest absolute Gasteiger partial charge is 0.312 e. The van der Waals surface area contributed by atoms with E-state index in [2.05, 4.69) is 20.5 Å². The highest BCUT2D eigenvalue weighted by atomic mass is 32.2. The molecule has 1 aromatic carbocycles. The Bertz CT molecular complexity index is 815. The molecule has 2 aromatic heterocycles. The highest BCUT2D eigenvalue weighted by Crippen LogP contribution is 2.27. The van der Waals surface area contributed by atoms with Crippen molar-refractivity contribution in [1.82, 2.24) is 19.7 Å². The van der Waals surface area contributed by atoms with Gasteiger partial charge in [0.1, 0.15) is 6.33 Å². The summed E-state index contributed by atoms with van der Waals surface area (Å²) in [5, 5.41) is 13.8. The van der Waals surface area contributed by atoms with Crippen molar-refractivity contribution in [2.24, 2.45) is 7.05 Å². The molecule has 2 heterocycles. The summed E-state index contributed by atoms with van der Waals surface area (Å²) in [5.74, 6) is -0.0699. The number of carbonyl (C=O) groups is 1. The number of hydrogen-bond acceptors (Lipinski definition) is 6. The molecule has 8 heteroatoms. The lowest BCUT2D eigenvalue weighted by Crippen LogP contribution is -2.24. The predicted octanol–water partition coefficient (Wildman–Crippen LogP) is 3.45. The van der Waals surface area contributed by atoms with Crippen LogP contribution in [-0.4, -0.2) is 30.9 Å². The van der Waals surface area contributed by atoms with Gasteiger partial charge in [0.15, 0.2) is 10.3 Å². The Balaban J connectivity index is 1.67. The summed E-state index contributed by atoms with van der Waals surface area (Å²) < 4.78 is 1.80. The first kappa shape index (κ1) is 16.7. The van der Waals surface area contributed by atoms with Crippen LogP contribution in [0.5, 0.6) is 0 Å². The molecule has 0 bridgehead atoms. The second kappa shape index (κ2) is 7.59. The van der Waals surface area contributed by atoms with E-state index in [0.29, 0.717) is 11.6 Å². The van der Waals surface area contributed by atoms with E-state index in [4.69, 9.17) is 0 Å². The zero-order valence-electron chi connectivity index (χ0n) is 13.3. The first-order valence-electron chi connectivity index (χ1n) is 7.50. The maximum absolute atomic E-state index is 12.5. The molecule has 0 saturated heterocycles. The molecule has 0 aliphatic heterocycles. The van der Waals surface area contributed by atoms with Crippen LogP contribution in [0.25, 0.3) is 11.3 Å². The van der Waals surface area contributed by atoms with Crippen LogP contribution in [0.15, 0.2) is 47.2 Å². The van der Waals surface area contributed by atoms with Crippen LogP contribution in [0, 0.1) is 0 Å². The fraction of sp³-hybridized carbons (Fsp3) is 0.250. The molecule has 6 nitrogen and oxygen atoms in total. The fourth-order valence-electron chi connectivity index (χ4n) is 2.09. The molecule has 3 aromatic rings. The van der Waals surface area contributed by atoms with E-state index in [1.165, 1.54) is 23.1 Å². The third kappa shape index (κ3) is 3.82. The average molecular weight is 359 g/mol. The second-order valence-corrected chi connectivity index (χ2v) is 7.16. The molecule has 124 valence electrons. The summed E-state index contributed by atoms with van der Waals surface area (Å²) >= 11 is 2.83. The SMILES string of the molecule is CC[C@@H](Sc1nncn1C)C(=O)Nc1nc(-c2ccccc2)cs1. The highest BCUT2D eigenvalue weighted by molar-refractivity contribution is 8.00. The molecule has 0 radical (unpaired) electrons. The number of thioether (sulfide) groups is 1. The summed E-state index contributed by atoms with van der Waals surface area (Å²) in [7, 11) is 1.86. The van der Waals surface area contributed by atoms with Gasteiger partial charge < -0.3 is 9.88 Å². The van der Waals surface area contributed by atoms with E-state index in [-0.39, 0.29) is 11.2 Å². The van der Waals surface area contributed by atoms with Crippen LogP contribution < -0.4 is 5.32 Å². The minimum Gasteiger partial charge on any atom is -0.312 e. The summed E-state index contributed by atoms with van der Waals surface area (Å²) in [5.41, 5.74) is 1.90. The van der Waals surface area contributed by atoms with Gasteiger partial charge in [-0.25, -0.2) is 4.98 Å². The molecule has 0 aliphatic carbocycles. The van der Waals surface area contributed by atoms with Crippen molar-refractivity contribution in [3.8, 4) is 11.3 Å². The number of nitrogens with one attached hydrogen (secondary N) is 1. The van der Waals surface area contributed by atoms with Gasteiger partial charge in [0, 0.05) is 18.0 Å². The molecule has 0 aliphatic rings. The number of aromatic nitrogens is 4. The van der Waals surface area contributed by atoms with E-state index in [0.717, 1.165) is 16.4 Å². The lowest BCUT2D eigenvalue weighted by Gasteiger charge is -2.12. The predicted molar refractivity (Wildman–Crippen MR) is 97.1 cm³/mol. The molecule has 1 atom stereocenters. The van der Waals surface area contributed by atoms with Crippen LogP contribution in [0.4, 0.5) is 5.13 Å². The van der Waals surface area contributed by atoms with E-state index in [9.17, 15) is 4.79 Å². The Morgan fingerprint density at radius 2 is 2.17 bits per heavy atom. The molecule has 0 saturated carbocycles. The van der Waals surface area contributed by atoms with Gasteiger partial charge in [0.2, 0.25) is 5.91 Å². The topological polar surface area (TPSA) is 72.7 Å². The number of rotatable bonds is 6. The minimum atomic E-state index is -0.239. The Morgan fingerprint density at radius 3 is 2.83 bits per heavy atom.